The summed E-state index contributed by atoms with van der Waals surface area (Å²) in [6.45, 7) is 0. The van der Waals surface area contributed by atoms with Crippen molar-refractivity contribution in [1.82, 2.24) is 10.3 Å². The first-order valence-corrected chi connectivity index (χ1v) is 9.18. The van der Waals surface area contributed by atoms with Crippen molar-refractivity contribution in [2.45, 2.75) is 57.4 Å². The van der Waals surface area contributed by atoms with Crippen LogP contribution in [0.1, 0.15) is 49.8 Å². The van der Waals surface area contributed by atoms with Crippen LogP contribution in [0.5, 0.6) is 0 Å². The molecule has 0 spiro atoms. The lowest BCUT2D eigenvalue weighted by Gasteiger charge is -2.27. The van der Waals surface area contributed by atoms with Gasteiger partial charge in [0.05, 0.1) is 0 Å². The van der Waals surface area contributed by atoms with Gasteiger partial charge >= 0.3 is 0 Å². The standard InChI is InChI=1S/C19H23ClN2O/c20-13-6-8-15-16-11-14(7-9-17(16)22-18(15)10-13)21-19(23)12-4-2-1-3-5-12/h6,8,10,12,14,22H,1-5,7,9,11H2,(H,21,23). The number of benzene rings is 1. The molecule has 1 unspecified atom stereocenters. The molecule has 0 aliphatic heterocycles. The van der Waals surface area contributed by atoms with Gasteiger partial charge in [-0.25, -0.2) is 0 Å². The lowest BCUT2D eigenvalue weighted by molar-refractivity contribution is -0.126. The summed E-state index contributed by atoms with van der Waals surface area (Å²) < 4.78 is 0. The highest BCUT2D eigenvalue weighted by molar-refractivity contribution is 6.31. The fraction of sp³-hybridized carbons (Fsp3) is 0.526. The molecule has 0 radical (unpaired) electrons. The first-order chi connectivity index (χ1) is 11.2. The molecule has 2 aliphatic carbocycles. The monoisotopic (exact) mass is 330 g/mol. The van der Waals surface area contributed by atoms with E-state index in [1.807, 2.05) is 12.1 Å². The number of carbonyl (C=O) groups is 1. The van der Waals surface area contributed by atoms with Crippen molar-refractivity contribution in [3.05, 3.63) is 34.5 Å². The molecule has 0 saturated heterocycles. The topological polar surface area (TPSA) is 44.9 Å². The summed E-state index contributed by atoms with van der Waals surface area (Å²) in [6.07, 6.45) is 8.77. The first-order valence-electron chi connectivity index (χ1n) is 8.80. The van der Waals surface area contributed by atoms with E-state index in [1.54, 1.807) is 0 Å². The van der Waals surface area contributed by atoms with Gasteiger partial charge in [0.15, 0.2) is 0 Å². The number of hydrogen-bond acceptors (Lipinski definition) is 1. The highest BCUT2D eigenvalue weighted by Crippen LogP contribution is 2.31. The van der Waals surface area contributed by atoms with Crippen LogP contribution >= 0.6 is 11.6 Å². The lowest BCUT2D eigenvalue weighted by atomic mass is 9.87. The zero-order valence-electron chi connectivity index (χ0n) is 13.3. The third-order valence-corrected chi connectivity index (χ3v) is 5.71. The summed E-state index contributed by atoms with van der Waals surface area (Å²) in [4.78, 5) is 16.0. The Morgan fingerprint density at radius 1 is 1.17 bits per heavy atom. The van der Waals surface area contributed by atoms with Crippen molar-refractivity contribution in [3.63, 3.8) is 0 Å². The van der Waals surface area contributed by atoms with E-state index in [9.17, 15) is 4.79 Å². The van der Waals surface area contributed by atoms with Crippen molar-refractivity contribution in [2.24, 2.45) is 5.92 Å². The van der Waals surface area contributed by atoms with Crippen molar-refractivity contribution >= 4 is 28.4 Å². The summed E-state index contributed by atoms with van der Waals surface area (Å²) >= 11 is 6.09. The molecule has 23 heavy (non-hydrogen) atoms. The van der Waals surface area contributed by atoms with Crippen molar-refractivity contribution in [2.75, 3.05) is 0 Å². The van der Waals surface area contributed by atoms with E-state index >= 15 is 0 Å². The maximum absolute atomic E-state index is 12.5. The number of rotatable bonds is 2. The second kappa shape index (κ2) is 6.20. The third-order valence-electron chi connectivity index (χ3n) is 5.47. The normalized spacial score (nSPS) is 22.0. The van der Waals surface area contributed by atoms with Crippen LogP contribution in [0.3, 0.4) is 0 Å². The number of halogens is 1. The van der Waals surface area contributed by atoms with Crippen LogP contribution < -0.4 is 5.32 Å². The number of aromatic nitrogens is 1. The van der Waals surface area contributed by atoms with Gasteiger partial charge in [-0.3, -0.25) is 4.79 Å². The minimum absolute atomic E-state index is 0.243. The van der Waals surface area contributed by atoms with E-state index in [2.05, 4.69) is 16.4 Å². The van der Waals surface area contributed by atoms with E-state index < -0.39 is 0 Å². The molecule has 2 N–H and O–H groups in total. The molecule has 2 aromatic rings. The Kier molecular flexibility index (Phi) is 4.06. The van der Waals surface area contributed by atoms with Gasteiger partial charge in [0.2, 0.25) is 5.91 Å². The summed E-state index contributed by atoms with van der Waals surface area (Å²) in [7, 11) is 0. The molecule has 3 nitrogen and oxygen atoms in total. The second-order valence-electron chi connectivity index (χ2n) is 7.06. The molecule has 1 amide bonds. The minimum atomic E-state index is 0.243. The Balaban J connectivity index is 1.49. The van der Waals surface area contributed by atoms with E-state index in [0.717, 1.165) is 42.6 Å². The molecule has 4 rings (SSSR count). The van der Waals surface area contributed by atoms with Gasteiger partial charge < -0.3 is 10.3 Å². The number of H-pyrrole nitrogens is 1. The summed E-state index contributed by atoms with van der Waals surface area (Å²) in [6, 6.07) is 6.30. The second-order valence-corrected chi connectivity index (χ2v) is 7.49. The summed E-state index contributed by atoms with van der Waals surface area (Å²) in [5, 5.41) is 5.33. The smallest absolute Gasteiger partial charge is 0.223 e. The Bertz CT molecular complexity index is 730. The molecule has 1 fully saturated rings. The largest absolute Gasteiger partial charge is 0.358 e. The summed E-state index contributed by atoms with van der Waals surface area (Å²) in [5.74, 6) is 0.521. The highest BCUT2D eigenvalue weighted by atomic mass is 35.5. The van der Waals surface area contributed by atoms with E-state index in [-0.39, 0.29) is 17.9 Å². The van der Waals surface area contributed by atoms with Crippen molar-refractivity contribution in [1.29, 1.82) is 0 Å². The number of amides is 1. The molecule has 0 bridgehead atoms. The summed E-state index contributed by atoms with van der Waals surface area (Å²) in [5.41, 5.74) is 3.78. The SMILES string of the molecule is O=C(NC1CCc2[nH]c3cc(Cl)ccc3c2C1)C1CCCCC1. The third kappa shape index (κ3) is 2.99. The molecule has 1 atom stereocenters. The van der Waals surface area contributed by atoms with Gasteiger partial charge in [-0.05, 0) is 49.8 Å². The van der Waals surface area contributed by atoms with Crippen LogP contribution in [0.15, 0.2) is 18.2 Å². The fourth-order valence-electron chi connectivity index (χ4n) is 4.20. The minimum Gasteiger partial charge on any atom is -0.358 e. The number of carbonyl (C=O) groups excluding carboxylic acids is 1. The lowest BCUT2D eigenvalue weighted by Crippen LogP contribution is -2.42. The molecular weight excluding hydrogens is 308 g/mol. The maximum Gasteiger partial charge on any atom is 0.223 e. The average molecular weight is 331 g/mol. The molecule has 1 saturated carbocycles. The number of fused-ring (bicyclic) bond motifs is 3. The molecule has 122 valence electrons. The van der Waals surface area contributed by atoms with Crippen LogP contribution in [0.4, 0.5) is 0 Å². The van der Waals surface area contributed by atoms with Crippen LogP contribution in [-0.2, 0) is 17.6 Å². The Morgan fingerprint density at radius 3 is 2.83 bits per heavy atom. The van der Waals surface area contributed by atoms with Crippen molar-refractivity contribution < 1.29 is 4.79 Å². The van der Waals surface area contributed by atoms with Gasteiger partial charge in [0.1, 0.15) is 0 Å². The molecule has 1 heterocycles. The molecular formula is C19H23ClN2O. The quantitative estimate of drug-likeness (QED) is 0.843. The zero-order chi connectivity index (χ0) is 15.8. The zero-order valence-corrected chi connectivity index (χ0v) is 14.1. The van der Waals surface area contributed by atoms with Crippen LogP contribution in [-0.4, -0.2) is 16.9 Å². The molecule has 1 aromatic carbocycles. The molecule has 2 aliphatic rings. The fourth-order valence-corrected chi connectivity index (χ4v) is 4.38. The number of hydrogen-bond donors (Lipinski definition) is 2. The maximum atomic E-state index is 12.5. The Hall–Kier alpha value is -1.48. The molecule has 4 heteroatoms. The van der Waals surface area contributed by atoms with Gasteiger partial charge in [-0.2, -0.15) is 0 Å². The molecule has 1 aromatic heterocycles. The number of aromatic amines is 1. The average Bonchev–Trinajstić information content (AvgIpc) is 2.92. The van der Waals surface area contributed by atoms with Gasteiger partial charge in [0, 0.05) is 33.6 Å². The Morgan fingerprint density at radius 2 is 2.00 bits per heavy atom. The van der Waals surface area contributed by atoms with Gasteiger partial charge in [-0.15, -0.1) is 0 Å². The highest BCUT2D eigenvalue weighted by Gasteiger charge is 2.27. The van der Waals surface area contributed by atoms with Crippen molar-refractivity contribution in [3.8, 4) is 0 Å². The predicted molar refractivity (Wildman–Crippen MR) is 93.8 cm³/mol. The van der Waals surface area contributed by atoms with Crippen LogP contribution in [0.2, 0.25) is 5.02 Å². The van der Waals surface area contributed by atoms with E-state index in [0.29, 0.717) is 0 Å². The predicted octanol–water partition coefficient (Wildman–Crippen LogP) is 4.38. The van der Waals surface area contributed by atoms with E-state index in [1.165, 1.54) is 35.9 Å². The van der Waals surface area contributed by atoms with Crippen LogP contribution in [0, 0.1) is 5.92 Å². The van der Waals surface area contributed by atoms with Crippen LogP contribution in [0.25, 0.3) is 10.9 Å². The van der Waals surface area contributed by atoms with E-state index in [4.69, 9.17) is 11.6 Å². The number of aryl methyl sites for hydroxylation is 1. The van der Waals surface area contributed by atoms with Gasteiger partial charge in [-0.1, -0.05) is 36.9 Å². The Labute approximate surface area is 141 Å². The van der Waals surface area contributed by atoms with Gasteiger partial charge in [0.25, 0.3) is 0 Å². The first kappa shape index (κ1) is 15.1. The number of nitrogens with one attached hydrogen (secondary N) is 2.